The highest BCUT2D eigenvalue weighted by Gasteiger charge is 2.46. The molecular formula is C35H39FN2O13. The van der Waals surface area contributed by atoms with Crippen LogP contribution in [0.25, 0.3) is 0 Å². The van der Waals surface area contributed by atoms with Crippen LogP contribution in [-0.4, -0.2) is 102 Å². The maximum absolute atomic E-state index is 16.0. The topological polar surface area (TPSA) is 178 Å². The van der Waals surface area contributed by atoms with Crippen LogP contribution in [-0.2, 0) is 14.2 Å². The van der Waals surface area contributed by atoms with Crippen LogP contribution in [0, 0.1) is 11.7 Å². The Hall–Kier alpha value is -5.61. The molecule has 0 spiro atoms. The Morgan fingerprint density at radius 2 is 1.43 bits per heavy atom. The van der Waals surface area contributed by atoms with Crippen LogP contribution in [0.2, 0.25) is 0 Å². The number of carbonyl (C=O) groups is 4. The molecule has 15 nitrogen and oxygen atoms in total. The Bertz CT molecular complexity index is 1680. The van der Waals surface area contributed by atoms with Crippen LogP contribution < -0.4 is 29.0 Å². The molecule has 0 bridgehead atoms. The molecule has 0 radical (unpaired) electrons. The van der Waals surface area contributed by atoms with Gasteiger partial charge in [-0.1, -0.05) is 18.2 Å². The average Bonchev–Trinajstić information content (AvgIpc) is 3.31. The van der Waals surface area contributed by atoms with Gasteiger partial charge in [0.2, 0.25) is 12.0 Å². The number of esters is 1. The van der Waals surface area contributed by atoms with Gasteiger partial charge in [0, 0.05) is 32.2 Å². The molecular weight excluding hydrogens is 675 g/mol. The first kappa shape index (κ1) is 38.2. The Balaban J connectivity index is 1.87. The zero-order valence-electron chi connectivity index (χ0n) is 28.6. The third-order valence-electron chi connectivity index (χ3n) is 7.99. The number of ether oxygens (including phenoxy) is 8. The molecule has 274 valence electrons. The van der Waals surface area contributed by atoms with Gasteiger partial charge in [0.1, 0.15) is 5.75 Å². The van der Waals surface area contributed by atoms with E-state index in [4.69, 9.17) is 37.9 Å². The Kier molecular flexibility index (Phi) is 13.4. The zero-order chi connectivity index (χ0) is 37.1. The van der Waals surface area contributed by atoms with Crippen molar-refractivity contribution in [3.8, 4) is 28.7 Å². The van der Waals surface area contributed by atoms with Crippen molar-refractivity contribution in [1.29, 1.82) is 0 Å². The zero-order valence-corrected chi connectivity index (χ0v) is 28.6. The molecule has 1 fully saturated rings. The summed E-state index contributed by atoms with van der Waals surface area (Å²) in [6, 6.07) is 11.4. The molecule has 1 saturated heterocycles. The summed E-state index contributed by atoms with van der Waals surface area (Å²) in [5.74, 6) is -5.24. The Morgan fingerprint density at radius 3 is 2.02 bits per heavy atom. The van der Waals surface area contributed by atoms with Gasteiger partial charge in [0.05, 0.1) is 38.5 Å². The first-order valence-corrected chi connectivity index (χ1v) is 15.6. The van der Waals surface area contributed by atoms with Crippen molar-refractivity contribution in [3.63, 3.8) is 0 Å². The van der Waals surface area contributed by atoms with E-state index in [1.807, 2.05) is 0 Å². The lowest BCUT2D eigenvalue weighted by Gasteiger charge is -2.35. The molecule has 3 aromatic carbocycles. The molecule has 0 aliphatic carbocycles. The van der Waals surface area contributed by atoms with Crippen LogP contribution in [0.3, 0.4) is 0 Å². The van der Waals surface area contributed by atoms with Crippen LogP contribution in [0.4, 0.5) is 9.18 Å². The summed E-state index contributed by atoms with van der Waals surface area (Å²) in [7, 11) is 6.65. The highest BCUT2D eigenvalue weighted by atomic mass is 19.1. The van der Waals surface area contributed by atoms with Crippen molar-refractivity contribution in [2.75, 3.05) is 55.7 Å². The number of carbonyl (C=O) groups excluding carboxylic acids is 3. The van der Waals surface area contributed by atoms with E-state index in [9.17, 15) is 24.3 Å². The molecule has 2 amide bonds. The van der Waals surface area contributed by atoms with Crippen molar-refractivity contribution in [2.45, 2.75) is 25.1 Å². The van der Waals surface area contributed by atoms with E-state index in [2.05, 4.69) is 5.32 Å². The number of Topliss-reactive ketones (excluding diaryl/α,β-unsaturated/α-hetero) is 1. The number of hydrogen-bond acceptors (Lipinski definition) is 12. The van der Waals surface area contributed by atoms with Crippen molar-refractivity contribution in [2.24, 2.45) is 5.92 Å². The van der Waals surface area contributed by atoms with E-state index >= 15 is 4.39 Å². The van der Waals surface area contributed by atoms with Crippen LogP contribution in [0.15, 0.2) is 54.6 Å². The smallest absolute Gasteiger partial charge is 0.410 e. The van der Waals surface area contributed by atoms with Gasteiger partial charge in [0.15, 0.2) is 42.4 Å². The quantitative estimate of drug-likeness (QED) is 0.129. The third-order valence-corrected chi connectivity index (χ3v) is 7.99. The van der Waals surface area contributed by atoms with E-state index in [-0.39, 0.29) is 72.8 Å². The van der Waals surface area contributed by atoms with E-state index in [0.717, 1.165) is 4.90 Å². The lowest BCUT2D eigenvalue weighted by Crippen LogP contribution is -2.58. The second-order valence-electron chi connectivity index (χ2n) is 11.0. The lowest BCUT2D eigenvalue weighted by atomic mass is 9.85. The summed E-state index contributed by atoms with van der Waals surface area (Å²) in [4.78, 5) is 55.5. The van der Waals surface area contributed by atoms with E-state index in [1.54, 1.807) is 18.2 Å². The highest BCUT2D eigenvalue weighted by molar-refractivity contribution is 6.02. The van der Waals surface area contributed by atoms with Crippen molar-refractivity contribution in [3.05, 3.63) is 77.1 Å². The number of nitrogens with one attached hydrogen (secondary N) is 1. The summed E-state index contributed by atoms with van der Waals surface area (Å²) in [6.07, 6.45) is -3.25. The van der Waals surface area contributed by atoms with E-state index in [0.29, 0.717) is 0 Å². The normalized spacial score (nSPS) is 17.1. The number of carboxylic acid groups (broad SMARTS) is 1. The molecule has 1 heterocycles. The summed E-state index contributed by atoms with van der Waals surface area (Å²) in [6.45, 7) is -0.700. The third kappa shape index (κ3) is 8.77. The molecule has 1 aliphatic rings. The van der Waals surface area contributed by atoms with Crippen LogP contribution >= 0.6 is 0 Å². The molecule has 2 N–H and O–H groups in total. The SMILES string of the molecule is COCOc1ccc(OC)c(F)c1C(=O)C1CCCN(C(=O)O)C(OC(=O)c2ccccc2)C1NC(=O)c1cc(OC)c(OCOC)c(OC)c1. The number of benzene rings is 3. The van der Waals surface area contributed by atoms with Gasteiger partial charge in [-0.05, 0) is 49.2 Å². The van der Waals surface area contributed by atoms with Crippen molar-refractivity contribution in [1.82, 2.24) is 10.2 Å². The summed E-state index contributed by atoms with van der Waals surface area (Å²) >= 11 is 0. The monoisotopic (exact) mass is 714 g/mol. The molecule has 16 heteroatoms. The van der Waals surface area contributed by atoms with Crippen LogP contribution in [0.5, 0.6) is 28.7 Å². The minimum absolute atomic E-state index is 0.0596. The molecule has 3 atom stereocenters. The number of likely N-dealkylation sites (tertiary alicyclic amines) is 1. The standard InChI is InChI=1S/C35H39FN2O13/c1-44-18-49-23-13-14-24(46-3)28(36)27(23)30(39)22-12-9-15-38(35(42)43)33(51-34(41)20-10-7-6-8-11-20)29(22)37-32(40)21-16-25(47-4)31(50-19-45-2)26(17-21)48-5/h6-8,10-11,13-14,16-17,22,29,33H,9,12,15,18-19H2,1-5H3,(H,37,40)(H,42,43). The van der Waals surface area contributed by atoms with Gasteiger partial charge in [-0.3, -0.25) is 14.5 Å². The number of methoxy groups -OCH3 is 5. The van der Waals surface area contributed by atoms with Gasteiger partial charge < -0.3 is 48.3 Å². The van der Waals surface area contributed by atoms with Crippen molar-refractivity contribution >= 4 is 23.8 Å². The number of amides is 2. The predicted octanol–water partition coefficient (Wildman–Crippen LogP) is 4.37. The number of nitrogens with zero attached hydrogens (tertiary/aromatic N) is 1. The summed E-state index contributed by atoms with van der Waals surface area (Å²) in [5, 5.41) is 13.0. The summed E-state index contributed by atoms with van der Waals surface area (Å²) < 4.78 is 58.8. The fourth-order valence-corrected chi connectivity index (χ4v) is 5.60. The van der Waals surface area contributed by atoms with Crippen molar-refractivity contribution < 1.29 is 66.6 Å². The maximum Gasteiger partial charge on any atom is 0.410 e. The number of ketones is 1. The molecule has 1 aliphatic heterocycles. The van der Waals surface area contributed by atoms with Gasteiger partial charge in [0.25, 0.3) is 5.91 Å². The lowest BCUT2D eigenvalue weighted by molar-refractivity contribution is -0.0416. The molecule has 3 aromatic rings. The fourth-order valence-electron chi connectivity index (χ4n) is 5.60. The van der Waals surface area contributed by atoms with Gasteiger partial charge >= 0.3 is 12.1 Å². The number of hydrogen-bond donors (Lipinski definition) is 2. The summed E-state index contributed by atoms with van der Waals surface area (Å²) in [5.41, 5.74) is -0.513. The van der Waals surface area contributed by atoms with E-state index < -0.39 is 53.3 Å². The molecule has 0 saturated carbocycles. The maximum atomic E-state index is 16.0. The minimum Gasteiger partial charge on any atom is -0.494 e. The molecule has 4 rings (SSSR count). The Morgan fingerprint density at radius 1 is 0.824 bits per heavy atom. The number of halogens is 1. The van der Waals surface area contributed by atoms with Gasteiger partial charge in [-0.2, -0.15) is 0 Å². The Labute approximate surface area is 293 Å². The van der Waals surface area contributed by atoms with Gasteiger partial charge in [-0.25, -0.2) is 14.0 Å². The first-order valence-electron chi connectivity index (χ1n) is 15.6. The minimum atomic E-state index is -1.76. The average molecular weight is 715 g/mol. The number of rotatable bonds is 15. The first-order chi connectivity index (χ1) is 24.6. The second-order valence-corrected chi connectivity index (χ2v) is 11.0. The highest BCUT2D eigenvalue weighted by Crippen LogP contribution is 2.39. The van der Waals surface area contributed by atoms with Gasteiger partial charge in [-0.15, -0.1) is 0 Å². The largest absolute Gasteiger partial charge is 0.494 e. The second kappa shape index (κ2) is 17.9. The molecule has 0 aromatic heterocycles. The predicted molar refractivity (Wildman–Crippen MR) is 176 cm³/mol. The molecule has 51 heavy (non-hydrogen) atoms. The fraction of sp³-hybridized carbons (Fsp3) is 0.371. The molecule has 3 unspecified atom stereocenters. The van der Waals surface area contributed by atoms with Crippen LogP contribution in [0.1, 0.15) is 43.9 Å². The van der Waals surface area contributed by atoms with E-state index in [1.165, 1.54) is 71.9 Å².